The van der Waals surface area contributed by atoms with Crippen LogP contribution in [0.25, 0.3) is 0 Å². The quantitative estimate of drug-likeness (QED) is 0.490. The van der Waals surface area contributed by atoms with Gasteiger partial charge in [0, 0.05) is 0 Å². The van der Waals surface area contributed by atoms with Crippen LogP contribution in [0.2, 0.25) is 0 Å². The lowest BCUT2D eigenvalue weighted by Crippen LogP contribution is -1.93. The molecule has 9 heavy (non-hydrogen) atoms. The van der Waals surface area contributed by atoms with E-state index in [1.807, 2.05) is 0 Å². The topological polar surface area (TPSA) is 51.8 Å². The number of rotatable bonds is 0. The zero-order chi connectivity index (χ0) is 6.69. The normalized spacial score (nSPS) is 8.33. The van der Waals surface area contributed by atoms with Crippen molar-refractivity contribution in [3.8, 4) is 12.3 Å². The maximum atomic E-state index is 5.24. The molecule has 0 bridgehead atoms. The monoisotopic (exact) mass is 119 g/mol. The second-order valence-electron chi connectivity index (χ2n) is 1.49. The van der Waals surface area contributed by atoms with E-state index < -0.39 is 0 Å². The van der Waals surface area contributed by atoms with Crippen LogP contribution < -0.4 is 5.73 Å². The predicted molar refractivity (Wildman–Crippen MR) is 34.4 cm³/mol. The zero-order valence-electron chi connectivity index (χ0n) is 4.70. The molecular formula is C6H5N3. The molecule has 0 unspecified atom stereocenters. The van der Waals surface area contributed by atoms with Crippen LogP contribution in [0.5, 0.6) is 0 Å². The molecular weight excluding hydrogens is 114 g/mol. The Morgan fingerprint density at radius 1 is 1.44 bits per heavy atom. The van der Waals surface area contributed by atoms with Crippen molar-refractivity contribution in [1.29, 1.82) is 0 Å². The lowest BCUT2D eigenvalue weighted by Gasteiger charge is -1.87. The number of aromatic nitrogens is 2. The molecule has 0 spiro atoms. The van der Waals surface area contributed by atoms with E-state index in [9.17, 15) is 0 Å². The summed E-state index contributed by atoms with van der Waals surface area (Å²) in [5.74, 6) is 2.71. The molecule has 44 valence electrons. The number of hydrogen-bond acceptors (Lipinski definition) is 3. The molecule has 0 saturated carbocycles. The van der Waals surface area contributed by atoms with Gasteiger partial charge in [-0.05, 0) is 18.1 Å². The SMILES string of the molecule is C#Cc1ccc(N)nn1. The van der Waals surface area contributed by atoms with Gasteiger partial charge < -0.3 is 5.73 Å². The Hall–Kier alpha value is -1.56. The largest absolute Gasteiger partial charge is 0.382 e. The van der Waals surface area contributed by atoms with Gasteiger partial charge in [-0.2, -0.15) is 0 Å². The first-order chi connectivity index (χ1) is 4.33. The van der Waals surface area contributed by atoms with Gasteiger partial charge in [0.1, 0.15) is 11.5 Å². The minimum atomic E-state index is 0.383. The fourth-order valence-corrected chi connectivity index (χ4v) is 0.420. The smallest absolute Gasteiger partial charge is 0.146 e. The minimum Gasteiger partial charge on any atom is -0.382 e. The first-order valence-corrected chi connectivity index (χ1v) is 2.39. The van der Waals surface area contributed by atoms with Gasteiger partial charge in [0.05, 0.1) is 0 Å². The summed E-state index contributed by atoms with van der Waals surface area (Å²) < 4.78 is 0. The van der Waals surface area contributed by atoms with Gasteiger partial charge in [-0.15, -0.1) is 16.6 Å². The number of nitrogens with two attached hydrogens (primary N) is 1. The Bertz CT molecular complexity index is 231. The van der Waals surface area contributed by atoms with Crippen LogP contribution in [-0.2, 0) is 0 Å². The lowest BCUT2D eigenvalue weighted by molar-refractivity contribution is 1.02. The molecule has 0 radical (unpaired) electrons. The third-order valence-corrected chi connectivity index (χ3v) is 0.833. The minimum absolute atomic E-state index is 0.383. The Morgan fingerprint density at radius 3 is 2.67 bits per heavy atom. The van der Waals surface area contributed by atoms with Crippen molar-refractivity contribution in [3.63, 3.8) is 0 Å². The van der Waals surface area contributed by atoms with E-state index in [4.69, 9.17) is 12.2 Å². The molecule has 1 aromatic rings. The molecule has 1 heterocycles. The molecule has 2 N–H and O–H groups in total. The van der Waals surface area contributed by atoms with E-state index in [2.05, 4.69) is 16.1 Å². The number of anilines is 1. The van der Waals surface area contributed by atoms with Crippen LogP contribution in [0, 0.1) is 12.3 Å². The van der Waals surface area contributed by atoms with Crippen molar-refractivity contribution in [2.75, 3.05) is 5.73 Å². The van der Waals surface area contributed by atoms with Gasteiger partial charge in [-0.1, -0.05) is 0 Å². The average molecular weight is 119 g/mol. The molecule has 0 fully saturated rings. The van der Waals surface area contributed by atoms with Crippen LogP contribution in [0.15, 0.2) is 12.1 Å². The van der Waals surface area contributed by atoms with E-state index in [0.29, 0.717) is 11.5 Å². The highest BCUT2D eigenvalue weighted by molar-refractivity contribution is 5.31. The number of terminal acetylenes is 1. The molecule has 1 rings (SSSR count). The first kappa shape index (κ1) is 5.57. The second-order valence-corrected chi connectivity index (χ2v) is 1.49. The third kappa shape index (κ3) is 1.16. The number of nitrogen functional groups attached to an aromatic ring is 1. The van der Waals surface area contributed by atoms with Crippen molar-refractivity contribution >= 4 is 5.82 Å². The molecule has 0 atom stereocenters. The van der Waals surface area contributed by atoms with Crippen LogP contribution in [0.4, 0.5) is 5.82 Å². The van der Waals surface area contributed by atoms with Gasteiger partial charge in [-0.3, -0.25) is 0 Å². The summed E-state index contributed by atoms with van der Waals surface area (Å²) >= 11 is 0. The molecule has 0 aliphatic rings. The summed E-state index contributed by atoms with van der Waals surface area (Å²) in [6.07, 6.45) is 5.01. The molecule has 0 amide bonds. The predicted octanol–water partition coefficient (Wildman–Crippen LogP) is 0.0401. The Kier molecular flexibility index (Phi) is 1.32. The zero-order valence-corrected chi connectivity index (χ0v) is 4.70. The molecule has 1 aromatic heterocycles. The summed E-state index contributed by atoms with van der Waals surface area (Å²) in [5, 5.41) is 7.12. The highest BCUT2D eigenvalue weighted by Gasteiger charge is 1.86. The number of hydrogen-bond donors (Lipinski definition) is 1. The molecule has 3 heteroatoms. The van der Waals surface area contributed by atoms with Crippen LogP contribution in [0.1, 0.15) is 5.69 Å². The van der Waals surface area contributed by atoms with Crippen LogP contribution >= 0.6 is 0 Å². The summed E-state index contributed by atoms with van der Waals surface area (Å²) in [6, 6.07) is 3.25. The number of nitrogens with zero attached hydrogens (tertiary/aromatic N) is 2. The summed E-state index contributed by atoms with van der Waals surface area (Å²) in [5.41, 5.74) is 5.74. The van der Waals surface area contributed by atoms with E-state index in [1.54, 1.807) is 12.1 Å². The molecule has 0 aromatic carbocycles. The summed E-state index contributed by atoms with van der Waals surface area (Å²) in [7, 11) is 0. The van der Waals surface area contributed by atoms with Crippen LogP contribution in [-0.4, -0.2) is 10.2 Å². The van der Waals surface area contributed by atoms with E-state index in [-0.39, 0.29) is 0 Å². The molecule has 0 aliphatic heterocycles. The van der Waals surface area contributed by atoms with Crippen molar-refractivity contribution in [2.45, 2.75) is 0 Å². The Balaban J connectivity index is 3.06. The highest BCUT2D eigenvalue weighted by atomic mass is 15.1. The van der Waals surface area contributed by atoms with Gasteiger partial charge in [0.15, 0.2) is 0 Å². The standard InChI is InChI=1S/C6H5N3/c1-2-5-3-4-6(7)9-8-5/h1,3-4H,(H2,7,9). The molecule has 0 aliphatic carbocycles. The van der Waals surface area contributed by atoms with Crippen molar-refractivity contribution in [1.82, 2.24) is 10.2 Å². The van der Waals surface area contributed by atoms with Gasteiger partial charge >= 0.3 is 0 Å². The average Bonchev–Trinajstić information content (AvgIpc) is 1.90. The van der Waals surface area contributed by atoms with E-state index in [1.165, 1.54) is 0 Å². The summed E-state index contributed by atoms with van der Waals surface area (Å²) in [6.45, 7) is 0. The van der Waals surface area contributed by atoms with Crippen LogP contribution in [0.3, 0.4) is 0 Å². The van der Waals surface area contributed by atoms with Gasteiger partial charge in [0.25, 0.3) is 0 Å². The van der Waals surface area contributed by atoms with E-state index >= 15 is 0 Å². The third-order valence-electron chi connectivity index (χ3n) is 0.833. The van der Waals surface area contributed by atoms with E-state index in [0.717, 1.165) is 0 Å². The van der Waals surface area contributed by atoms with Crippen molar-refractivity contribution < 1.29 is 0 Å². The molecule has 0 saturated heterocycles. The second kappa shape index (κ2) is 2.14. The Labute approximate surface area is 52.9 Å². The maximum absolute atomic E-state index is 5.24. The summed E-state index contributed by atoms with van der Waals surface area (Å²) in [4.78, 5) is 0. The van der Waals surface area contributed by atoms with Gasteiger partial charge in [0.2, 0.25) is 0 Å². The lowest BCUT2D eigenvalue weighted by atomic mass is 10.4. The maximum Gasteiger partial charge on any atom is 0.146 e. The fraction of sp³-hybridized carbons (Fsp3) is 0. The Morgan fingerprint density at radius 2 is 2.22 bits per heavy atom. The first-order valence-electron chi connectivity index (χ1n) is 2.39. The van der Waals surface area contributed by atoms with Crippen molar-refractivity contribution in [3.05, 3.63) is 17.8 Å². The van der Waals surface area contributed by atoms with Crippen molar-refractivity contribution in [2.24, 2.45) is 0 Å². The highest BCUT2D eigenvalue weighted by Crippen LogP contribution is 1.93. The van der Waals surface area contributed by atoms with Gasteiger partial charge in [-0.25, -0.2) is 0 Å². The molecule has 3 nitrogen and oxygen atoms in total. The fourth-order valence-electron chi connectivity index (χ4n) is 0.420.